The third-order valence-corrected chi connectivity index (χ3v) is 5.04. The Labute approximate surface area is 197 Å². The monoisotopic (exact) mass is 458 g/mol. The Bertz CT molecular complexity index is 892. The number of carbonyl (C=O) groups excluding carboxylic acids is 2. The molecule has 1 amide bonds. The van der Waals surface area contributed by atoms with Gasteiger partial charge in [-0.25, -0.2) is 4.68 Å². The Hall–Kier alpha value is -2.58. The molecule has 182 valence electrons. The average Bonchev–Trinajstić information content (AvgIpc) is 3.21. The molecule has 1 heterocycles. The predicted molar refractivity (Wildman–Crippen MR) is 127 cm³/mol. The van der Waals surface area contributed by atoms with Crippen LogP contribution < -0.4 is 5.32 Å². The highest BCUT2D eigenvalue weighted by molar-refractivity contribution is 5.94. The molecule has 0 aliphatic carbocycles. The summed E-state index contributed by atoms with van der Waals surface area (Å²) >= 11 is 0. The summed E-state index contributed by atoms with van der Waals surface area (Å²) < 4.78 is 12.7. The number of aromatic nitrogens is 3. The second-order valence-electron chi connectivity index (χ2n) is 10.1. The fourth-order valence-electron chi connectivity index (χ4n) is 2.89. The van der Waals surface area contributed by atoms with Gasteiger partial charge in [0.2, 0.25) is 0 Å². The maximum absolute atomic E-state index is 12.3. The second kappa shape index (κ2) is 12.0. The third-order valence-electron chi connectivity index (χ3n) is 5.04. The first-order valence-corrected chi connectivity index (χ1v) is 11.4. The Morgan fingerprint density at radius 3 is 2.15 bits per heavy atom. The van der Waals surface area contributed by atoms with Gasteiger partial charge in [-0.1, -0.05) is 38.1 Å². The summed E-state index contributed by atoms with van der Waals surface area (Å²) in [6.07, 6.45) is 3.03. The zero-order valence-corrected chi connectivity index (χ0v) is 20.8. The maximum atomic E-state index is 12.3. The lowest BCUT2D eigenvalue weighted by Crippen LogP contribution is -2.27. The predicted octanol–water partition coefficient (Wildman–Crippen LogP) is 3.39. The van der Waals surface area contributed by atoms with Crippen LogP contribution in [0.2, 0.25) is 0 Å². The van der Waals surface area contributed by atoms with E-state index < -0.39 is 0 Å². The molecule has 1 aromatic carbocycles. The molecule has 0 radical (unpaired) electrons. The van der Waals surface area contributed by atoms with Crippen molar-refractivity contribution in [2.45, 2.75) is 59.9 Å². The topological polar surface area (TPSA) is 95.3 Å². The molecule has 0 aliphatic heterocycles. The van der Waals surface area contributed by atoms with Crippen LogP contribution in [0.25, 0.3) is 0 Å². The molecule has 0 saturated heterocycles. The van der Waals surface area contributed by atoms with E-state index in [1.54, 1.807) is 0 Å². The minimum absolute atomic E-state index is 0.101. The van der Waals surface area contributed by atoms with E-state index in [9.17, 15) is 9.59 Å². The lowest BCUT2D eigenvalue weighted by molar-refractivity contribution is -0.127. The van der Waals surface area contributed by atoms with Gasteiger partial charge in [0.25, 0.3) is 5.91 Å². The molecule has 1 aromatic heterocycles. The quantitative estimate of drug-likeness (QED) is 0.490. The van der Waals surface area contributed by atoms with E-state index >= 15 is 0 Å². The van der Waals surface area contributed by atoms with Crippen LogP contribution in [0.5, 0.6) is 0 Å². The van der Waals surface area contributed by atoms with Crippen LogP contribution in [0.4, 0.5) is 0 Å². The summed E-state index contributed by atoms with van der Waals surface area (Å²) in [6, 6.07) is 7.49. The standard InChI is InChI=1S/C25H38N4O4/c1-24(2,3)22(30)11-13-32-15-16-33-14-12-26-23(31)20-9-7-19(8-10-20)17-21-18-29(28-27-21)25(4,5)6/h7-10,18H,11-17H2,1-6H3,(H,26,31). The molecule has 0 unspecified atom stereocenters. The highest BCUT2D eigenvalue weighted by Crippen LogP contribution is 2.16. The normalized spacial score (nSPS) is 12.1. The van der Waals surface area contributed by atoms with E-state index in [1.165, 1.54) is 0 Å². The lowest BCUT2D eigenvalue weighted by Gasteiger charge is -2.17. The first kappa shape index (κ1) is 26.7. The van der Waals surface area contributed by atoms with Crippen LogP contribution in [0.3, 0.4) is 0 Å². The number of rotatable bonds is 12. The summed E-state index contributed by atoms with van der Waals surface area (Å²) in [4.78, 5) is 24.1. The van der Waals surface area contributed by atoms with Crippen LogP contribution in [0, 0.1) is 5.41 Å². The highest BCUT2D eigenvalue weighted by atomic mass is 16.5. The van der Waals surface area contributed by atoms with Gasteiger partial charge in [-0.05, 0) is 38.5 Å². The molecule has 0 aliphatic rings. The minimum Gasteiger partial charge on any atom is -0.379 e. The summed E-state index contributed by atoms with van der Waals surface area (Å²) in [6.45, 7) is 14.0. The molecular weight excluding hydrogens is 420 g/mol. The summed E-state index contributed by atoms with van der Waals surface area (Å²) in [5.41, 5.74) is 2.13. The fraction of sp³-hybridized carbons (Fsp3) is 0.600. The molecule has 1 N–H and O–H groups in total. The summed E-state index contributed by atoms with van der Waals surface area (Å²) in [7, 11) is 0. The average molecular weight is 459 g/mol. The van der Waals surface area contributed by atoms with Crippen LogP contribution in [0.1, 0.15) is 69.6 Å². The van der Waals surface area contributed by atoms with Crippen molar-refractivity contribution in [3.8, 4) is 0 Å². The number of ether oxygens (including phenoxy) is 2. The number of Topliss-reactive ketones (excluding diaryl/α,β-unsaturated/α-hetero) is 1. The van der Waals surface area contributed by atoms with Crippen LogP contribution in [-0.4, -0.2) is 59.7 Å². The molecule has 2 rings (SSSR count). The van der Waals surface area contributed by atoms with Gasteiger partial charge in [-0.15, -0.1) is 5.10 Å². The van der Waals surface area contributed by atoms with E-state index in [0.29, 0.717) is 51.4 Å². The van der Waals surface area contributed by atoms with Crippen molar-refractivity contribution >= 4 is 11.7 Å². The van der Waals surface area contributed by atoms with Crippen LogP contribution in [-0.2, 0) is 26.2 Å². The molecule has 33 heavy (non-hydrogen) atoms. The highest BCUT2D eigenvalue weighted by Gasteiger charge is 2.20. The minimum atomic E-state index is -0.327. The fourth-order valence-corrected chi connectivity index (χ4v) is 2.89. The SMILES string of the molecule is CC(C)(C)C(=O)CCOCCOCCNC(=O)c1ccc(Cc2cn(C(C)(C)C)nn2)cc1. The van der Waals surface area contributed by atoms with Gasteiger partial charge >= 0.3 is 0 Å². The molecule has 8 heteroatoms. The van der Waals surface area contributed by atoms with Gasteiger partial charge in [0.15, 0.2) is 0 Å². The largest absolute Gasteiger partial charge is 0.379 e. The van der Waals surface area contributed by atoms with Gasteiger partial charge < -0.3 is 14.8 Å². The Balaban J connectivity index is 1.61. The smallest absolute Gasteiger partial charge is 0.251 e. The number of amides is 1. The Morgan fingerprint density at radius 1 is 0.939 bits per heavy atom. The number of ketones is 1. The van der Waals surface area contributed by atoms with Crippen molar-refractivity contribution in [2.75, 3.05) is 33.0 Å². The first-order chi connectivity index (χ1) is 15.5. The number of hydrogen-bond donors (Lipinski definition) is 1. The zero-order chi connectivity index (χ0) is 24.5. The Kier molecular flexibility index (Phi) is 9.73. The molecule has 8 nitrogen and oxygen atoms in total. The molecule has 0 spiro atoms. The van der Waals surface area contributed by atoms with E-state index in [0.717, 1.165) is 11.3 Å². The van der Waals surface area contributed by atoms with Crippen molar-refractivity contribution in [1.29, 1.82) is 0 Å². The number of nitrogens with one attached hydrogen (secondary N) is 1. The molecule has 2 aromatic rings. The molecule has 0 saturated carbocycles. The number of hydrogen-bond acceptors (Lipinski definition) is 6. The van der Waals surface area contributed by atoms with Gasteiger partial charge in [0.05, 0.1) is 37.7 Å². The maximum Gasteiger partial charge on any atom is 0.251 e. The van der Waals surface area contributed by atoms with Crippen molar-refractivity contribution < 1.29 is 19.1 Å². The summed E-state index contributed by atoms with van der Waals surface area (Å²) in [5, 5.41) is 11.3. The first-order valence-electron chi connectivity index (χ1n) is 11.4. The molecule has 0 fully saturated rings. The molecule has 0 atom stereocenters. The number of carbonyl (C=O) groups is 2. The van der Waals surface area contributed by atoms with Crippen molar-refractivity contribution in [3.63, 3.8) is 0 Å². The van der Waals surface area contributed by atoms with Crippen molar-refractivity contribution in [1.82, 2.24) is 20.3 Å². The second-order valence-corrected chi connectivity index (χ2v) is 10.1. The van der Waals surface area contributed by atoms with Crippen LogP contribution >= 0.6 is 0 Å². The summed E-state index contributed by atoms with van der Waals surface area (Å²) in [5.74, 6) is 0.0493. The van der Waals surface area contributed by atoms with E-state index in [4.69, 9.17) is 9.47 Å². The van der Waals surface area contributed by atoms with E-state index in [1.807, 2.05) is 55.9 Å². The van der Waals surface area contributed by atoms with Gasteiger partial charge in [-0.2, -0.15) is 0 Å². The van der Waals surface area contributed by atoms with Gasteiger partial charge in [-0.3, -0.25) is 9.59 Å². The Morgan fingerprint density at radius 2 is 1.58 bits per heavy atom. The molecular formula is C25H38N4O4. The van der Waals surface area contributed by atoms with Gasteiger partial charge in [0.1, 0.15) is 5.78 Å². The van der Waals surface area contributed by atoms with Crippen molar-refractivity contribution in [3.05, 3.63) is 47.3 Å². The third kappa shape index (κ3) is 9.43. The van der Waals surface area contributed by atoms with Gasteiger partial charge in [0, 0.05) is 36.6 Å². The van der Waals surface area contributed by atoms with Crippen molar-refractivity contribution in [2.24, 2.45) is 5.41 Å². The number of nitrogens with zero attached hydrogens (tertiary/aromatic N) is 3. The molecule has 0 bridgehead atoms. The lowest BCUT2D eigenvalue weighted by atomic mass is 9.89. The van der Waals surface area contributed by atoms with Crippen LogP contribution in [0.15, 0.2) is 30.5 Å². The van der Waals surface area contributed by atoms with E-state index in [-0.39, 0.29) is 22.6 Å². The van der Waals surface area contributed by atoms with E-state index in [2.05, 4.69) is 36.4 Å². The number of benzene rings is 1. The zero-order valence-electron chi connectivity index (χ0n) is 20.8.